The molecule has 4 aliphatic heterocycles. The molecule has 55 heavy (non-hydrogen) atoms. The fourth-order valence-electron chi connectivity index (χ4n) is 9.29. The highest BCUT2D eigenvalue weighted by atomic mass is 35.5. The number of hydrogen-bond acceptors (Lipinski definition) is 10. The van der Waals surface area contributed by atoms with Crippen LogP contribution in [0.1, 0.15) is 67.4 Å². The quantitative estimate of drug-likeness (QED) is 0.334. The number of anilines is 1. The number of aryl methyl sites for hydroxylation is 1. The van der Waals surface area contributed by atoms with E-state index in [1.54, 1.807) is 32.2 Å². The van der Waals surface area contributed by atoms with E-state index in [4.69, 9.17) is 25.8 Å². The number of carbonyl (C=O) groups is 3. The molecule has 12 nitrogen and oxygen atoms in total. The van der Waals surface area contributed by atoms with Crippen LogP contribution in [-0.2, 0) is 40.9 Å². The Bertz CT molecular complexity index is 1920. The average molecular weight is 797 g/mol. The fraction of sp³-hybridized carbons (Fsp3) is 0.585. The molecule has 1 spiro atoms. The normalized spacial score (nSPS) is 33.5. The highest BCUT2D eigenvalue weighted by molar-refractivity contribution is 7.90. The molecule has 0 unspecified atom stereocenters. The van der Waals surface area contributed by atoms with Crippen LogP contribution < -0.4 is 19.7 Å². The van der Waals surface area contributed by atoms with E-state index in [9.17, 15) is 22.8 Å². The molecule has 298 valence electrons. The predicted octanol–water partition coefficient (Wildman–Crippen LogP) is 4.28. The maximum Gasteiger partial charge on any atom is 0.264 e. The molecule has 4 heterocycles. The van der Waals surface area contributed by atoms with Gasteiger partial charge in [0.25, 0.3) is 5.91 Å². The molecule has 0 radical (unpaired) electrons. The zero-order chi connectivity index (χ0) is 39.0. The minimum Gasteiger partial charge on any atom is -0.490 e. The molecule has 2 aromatic rings. The second kappa shape index (κ2) is 16.2. The van der Waals surface area contributed by atoms with Gasteiger partial charge in [-0.3, -0.25) is 14.4 Å². The number of sulfonamides is 1. The summed E-state index contributed by atoms with van der Waals surface area (Å²) >= 11 is 6.40. The molecular formula is C41H53ClN4O8S. The van der Waals surface area contributed by atoms with Crippen molar-refractivity contribution >= 4 is 45.4 Å². The highest BCUT2D eigenvalue weighted by Gasteiger charge is 2.49. The van der Waals surface area contributed by atoms with E-state index in [0.717, 1.165) is 63.7 Å². The van der Waals surface area contributed by atoms with Crippen LogP contribution in [0, 0.1) is 17.8 Å². The Kier molecular flexibility index (Phi) is 11.7. The predicted molar refractivity (Wildman–Crippen MR) is 210 cm³/mol. The summed E-state index contributed by atoms with van der Waals surface area (Å²) < 4.78 is 46.5. The van der Waals surface area contributed by atoms with E-state index < -0.39 is 26.8 Å². The van der Waals surface area contributed by atoms with Crippen molar-refractivity contribution in [3.05, 3.63) is 70.3 Å². The van der Waals surface area contributed by atoms with Crippen LogP contribution in [0.25, 0.3) is 0 Å². The van der Waals surface area contributed by atoms with Gasteiger partial charge in [0.05, 0.1) is 30.2 Å². The number of methoxy groups -OCH3 is 1. The van der Waals surface area contributed by atoms with E-state index in [0.29, 0.717) is 43.5 Å². The molecule has 2 aromatic carbocycles. The first kappa shape index (κ1) is 39.7. The molecule has 7 atom stereocenters. The SMILES string of the molecule is CO[C@]1(C=O)/C=C/C[C@H](C)[C@@H](C)S(=O)(=O)NC(=O)c2ccc3c(c2)N(C[C@@H]2CC[C@H]21)C[C@@]1(CCCc2cc(Cl)ccc21)CO3.O=C1COC[C@@H]2CNCCN12. The summed E-state index contributed by atoms with van der Waals surface area (Å²) in [6, 6.07) is 11.6. The van der Waals surface area contributed by atoms with Crippen molar-refractivity contribution in [2.24, 2.45) is 17.8 Å². The van der Waals surface area contributed by atoms with E-state index in [-0.39, 0.29) is 47.3 Å². The standard InChI is InChI=1S/C34H41ClN2O6S.C7H12N2O2/c1-22-6-4-15-34(20-38,42-3)29-11-8-26(29)18-37-19-33(14-5-7-24-16-27(35)10-12-28(24)33)21-43-31-13-9-25(17-30(31)37)32(39)36-44(40,41)23(22)2;10-7-5-11-4-6-3-8-1-2-9(6)7/h4,9-10,12-13,15-17,20,22-23,26,29H,5-8,11,14,18-19,21H2,1-3H3,(H,36,39);6,8H,1-5H2/b15-4+;/t22-,23+,26-,29+,33-,34-;6-/m00/s1. The lowest BCUT2D eigenvalue weighted by Crippen LogP contribution is -2.59. The molecule has 2 N–H and O–H groups in total. The maximum atomic E-state index is 13.4. The van der Waals surface area contributed by atoms with E-state index in [1.807, 2.05) is 30.0 Å². The Balaban J connectivity index is 0.000000360. The number of aldehydes is 1. The molecule has 1 saturated carbocycles. The van der Waals surface area contributed by atoms with Crippen molar-refractivity contribution in [3.8, 4) is 5.75 Å². The first-order valence-corrected chi connectivity index (χ1v) is 21.4. The lowest BCUT2D eigenvalue weighted by molar-refractivity contribution is -0.149. The van der Waals surface area contributed by atoms with Crippen LogP contribution in [0.5, 0.6) is 5.75 Å². The Labute approximate surface area is 329 Å². The van der Waals surface area contributed by atoms with Gasteiger partial charge in [0, 0.05) is 61.8 Å². The van der Waals surface area contributed by atoms with E-state index >= 15 is 0 Å². The first-order chi connectivity index (χ1) is 26.4. The highest BCUT2D eigenvalue weighted by Crippen LogP contribution is 2.48. The number of carbonyl (C=O) groups excluding carboxylic acids is 3. The molecule has 0 aromatic heterocycles. The topological polar surface area (TPSA) is 144 Å². The summed E-state index contributed by atoms with van der Waals surface area (Å²) in [5, 5.41) is 3.11. The third kappa shape index (κ3) is 7.92. The number of nitrogens with zero attached hydrogens (tertiary/aromatic N) is 2. The van der Waals surface area contributed by atoms with E-state index in [1.165, 1.54) is 11.1 Å². The summed E-state index contributed by atoms with van der Waals surface area (Å²) in [4.78, 5) is 41.5. The van der Waals surface area contributed by atoms with Gasteiger partial charge in [-0.25, -0.2) is 13.1 Å². The Morgan fingerprint density at radius 3 is 2.69 bits per heavy atom. The lowest BCUT2D eigenvalue weighted by Gasteiger charge is -2.48. The lowest BCUT2D eigenvalue weighted by atomic mass is 9.64. The van der Waals surface area contributed by atoms with Gasteiger partial charge in [-0.1, -0.05) is 30.7 Å². The van der Waals surface area contributed by atoms with Crippen molar-refractivity contribution in [1.82, 2.24) is 14.9 Å². The molecule has 8 rings (SSSR count). The Hall–Kier alpha value is -3.49. The zero-order valence-corrected chi connectivity index (χ0v) is 33.5. The van der Waals surface area contributed by atoms with Crippen LogP contribution in [0.15, 0.2) is 48.6 Å². The van der Waals surface area contributed by atoms with Gasteiger partial charge in [-0.05, 0) is 105 Å². The Morgan fingerprint density at radius 2 is 1.95 bits per heavy atom. The number of ether oxygens (including phenoxy) is 3. The average Bonchev–Trinajstić information content (AvgIpc) is 3.32. The number of benzene rings is 2. The number of hydrogen-bond donors (Lipinski definition) is 2. The van der Waals surface area contributed by atoms with Gasteiger partial charge in [0.15, 0.2) is 6.29 Å². The molecular weight excluding hydrogens is 744 g/mol. The molecule has 3 fully saturated rings. The number of amides is 2. The van der Waals surface area contributed by atoms with Crippen molar-refractivity contribution < 1.29 is 37.0 Å². The van der Waals surface area contributed by atoms with Gasteiger partial charge >= 0.3 is 0 Å². The Morgan fingerprint density at radius 1 is 1.11 bits per heavy atom. The van der Waals surface area contributed by atoms with Crippen LogP contribution in [0.3, 0.4) is 0 Å². The number of halogens is 1. The summed E-state index contributed by atoms with van der Waals surface area (Å²) in [6.45, 7) is 8.78. The van der Waals surface area contributed by atoms with Crippen LogP contribution >= 0.6 is 11.6 Å². The third-order valence-electron chi connectivity index (χ3n) is 12.9. The maximum absolute atomic E-state index is 13.4. The summed E-state index contributed by atoms with van der Waals surface area (Å²) in [7, 11) is -2.41. The number of nitrogens with one attached hydrogen (secondary N) is 2. The van der Waals surface area contributed by atoms with Crippen molar-refractivity contribution in [2.75, 3.05) is 64.6 Å². The number of rotatable bonds is 2. The molecule has 2 saturated heterocycles. The summed E-state index contributed by atoms with van der Waals surface area (Å²) in [6.07, 6.45) is 9.65. The second-order valence-corrected chi connectivity index (χ2v) is 18.6. The number of allylic oxidation sites excluding steroid dienone is 1. The monoisotopic (exact) mass is 796 g/mol. The smallest absolute Gasteiger partial charge is 0.264 e. The number of morpholine rings is 1. The van der Waals surface area contributed by atoms with Crippen LogP contribution in [0.2, 0.25) is 5.02 Å². The molecule has 14 heteroatoms. The second-order valence-electron chi connectivity index (χ2n) is 16.2. The first-order valence-electron chi connectivity index (χ1n) is 19.5. The van der Waals surface area contributed by atoms with Gasteiger partial charge in [-0.15, -0.1) is 0 Å². The van der Waals surface area contributed by atoms with Gasteiger partial charge in [-0.2, -0.15) is 0 Å². The molecule has 6 aliphatic rings. The largest absolute Gasteiger partial charge is 0.490 e. The van der Waals surface area contributed by atoms with Crippen molar-refractivity contribution in [2.45, 2.75) is 74.7 Å². The van der Waals surface area contributed by atoms with Crippen LogP contribution in [0.4, 0.5) is 5.69 Å². The summed E-state index contributed by atoms with van der Waals surface area (Å²) in [5.41, 5.74) is 2.05. The number of piperazine rings is 1. The fourth-order valence-corrected chi connectivity index (χ4v) is 10.8. The minimum absolute atomic E-state index is 0.0434. The van der Waals surface area contributed by atoms with Gasteiger partial charge < -0.3 is 29.3 Å². The molecule has 2 amide bonds. The molecule has 2 bridgehead atoms. The van der Waals surface area contributed by atoms with Crippen molar-refractivity contribution in [3.63, 3.8) is 0 Å². The molecule has 2 aliphatic carbocycles. The summed E-state index contributed by atoms with van der Waals surface area (Å²) in [5.74, 6) is -0.0612. The minimum atomic E-state index is -3.97. The van der Waals surface area contributed by atoms with Gasteiger partial charge in [0.2, 0.25) is 15.9 Å². The number of fused-ring (bicyclic) bond motifs is 5. The third-order valence-corrected chi connectivity index (χ3v) is 15.1. The van der Waals surface area contributed by atoms with Gasteiger partial charge in [0.1, 0.15) is 18.0 Å². The van der Waals surface area contributed by atoms with Crippen molar-refractivity contribution in [1.29, 1.82) is 0 Å². The zero-order valence-electron chi connectivity index (χ0n) is 31.9. The van der Waals surface area contributed by atoms with E-state index in [2.05, 4.69) is 27.1 Å². The van der Waals surface area contributed by atoms with Crippen LogP contribution in [-0.4, -0.2) is 108 Å².